The lowest BCUT2D eigenvalue weighted by molar-refractivity contribution is -0.154. The zero-order valence-corrected chi connectivity index (χ0v) is 14.8. The second-order valence-corrected chi connectivity index (χ2v) is 5.67. The van der Waals surface area contributed by atoms with Crippen LogP contribution in [0, 0.1) is 0 Å². The predicted octanol–water partition coefficient (Wildman–Crippen LogP) is -0.274. The van der Waals surface area contributed by atoms with Gasteiger partial charge in [-0.3, -0.25) is 4.57 Å². The first-order valence-electron chi connectivity index (χ1n) is 8.40. The van der Waals surface area contributed by atoms with Crippen molar-refractivity contribution in [3.8, 4) is 0 Å². The Hall–Kier alpha value is -2.01. The molecule has 2 N–H and O–H groups in total. The summed E-state index contributed by atoms with van der Waals surface area (Å²) in [5.74, 6) is -0.306. The van der Waals surface area contributed by atoms with Gasteiger partial charge in [0.2, 0.25) is 0 Å². The second-order valence-electron chi connectivity index (χ2n) is 5.67. The first-order chi connectivity index (χ1) is 12.6. The molecule has 2 unspecified atom stereocenters. The molecule has 0 aliphatic carbocycles. The number of hydrogen-bond donors (Lipinski definition) is 1. The summed E-state index contributed by atoms with van der Waals surface area (Å²) in [6, 6.07) is 1.54. The highest BCUT2D eigenvalue weighted by Crippen LogP contribution is 2.27. The summed E-state index contributed by atoms with van der Waals surface area (Å²) in [4.78, 5) is 27.1. The first kappa shape index (κ1) is 20.3. The van der Waals surface area contributed by atoms with Crippen LogP contribution in [0.4, 0.5) is 5.82 Å². The molecule has 146 valence electrons. The summed E-state index contributed by atoms with van der Waals surface area (Å²) in [5, 5.41) is 0. The molecule has 0 spiro atoms. The van der Waals surface area contributed by atoms with E-state index >= 15 is 0 Å². The average molecular weight is 371 g/mol. The Kier molecular flexibility index (Phi) is 8.48. The molecule has 2 atom stereocenters. The number of rotatable bonds is 11. The number of esters is 1. The van der Waals surface area contributed by atoms with Crippen LogP contribution in [0.25, 0.3) is 0 Å². The molecule has 1 aromatic heterocycles. The molecule has 0 aromatic carbocycles. The topological polar surface area (TPSA) is 124 Å². The third-order valence-electron chi connectivity index (χ3n) is 3.70. The van der Waals surface area contributed by atoms with Crippen molar-refractivity contribution in [2.45, 2.75) is 25.2 Å². The molecule has 26 heavy (non-hydrogen) atoms. The summed E-state index contributed by atoms with van der Waals surface area (Å²) in [7, 11) is 1.59. The van der Waals surface area contributed by atoms with E-state index in [-0.39, 0.29) is 25.1 Å². The van der Waals surface area contributed by atoms with Crippen molar-refractivity contribution >= 4 is 11.8 Å². The van der Waals surface area contributed by atoms with E-state index < -0.39 is 17.9 Å². The van der Waals surface area contributed by atoms with Gasteiger partial charge in [0.25, 0.3) is 0 Å². The highest BCUT2D eigenvalue weighted by Gasteiger charge is 2.28. The predicted molar refractivity (Wildman–Crippen MR) is 90.5 cm³/mol. The fourth-order valence-electron chi connectivity index (χ4n) is 2.40. The monoisotopic (exact) mass is 371 g/mol. The summed E-state index contributed by atoms with van der Waals surface area (Å²) in [5.41, 5.74) is 5.00. The smallest absolute Gasteiger partial charge is 0.351 e. The number of aromatic nitrogens is 2. The largest absolute Gasteiger partial charge is 0.461 e. The molecule has 1 aromatic rings. The molecule has 0 radical (unpaired) electrons. The van der Waals surface area contributed by atoms with Crippen molar-refractivity contribution in [2.75, 3.05) is 52.5 Å². The van der Waals surface area contributed by atoms with Crippen molar-refractivity contribution in [3.05, 3.63) is 22.7 Å². The standard InChI is InChI=1S/C16H25N3O7/c1-22-6-7-23-8-9-24-11-15(20)25-10-12-2-3-14(26-12)19-5-4-13(17)18-16(19)21/h4-5,12,14H,2-3,6-11H2,1H3,(H2,17,18,21). The Morgan fingerprint density at radius 2 is 2.08 bits per heavy atom. The highest BCUT2D eigenvalue weighted by atomic mass is 16.6. The first-order valence-corrected chi connectivity index (χ1v) is 8.40. The Bertz CT molecular complexity index is 622. The third kappa shape index (κ3) is 6.71. The number of carbonyl (C=O) groups is 1. The SMILES string of the molecule is COCCOCCOCC(=O)OCC1CCC(n2ccc(N)nc2=O)O1. The summed E-state index contributed by atoms with van der Waals surface area (Å²) >= 11 is 0. The van der Waals surface area contributed by atoms with E-state index in [1.807, 2.05) is 0 Å². The minimum Gasteiger partial charge on any atom is -0.461 e. The molecule has 1 saturated heterocycles. The van der Waals surface area contributed by atoms with E-state index in [1.54, 1.807) is 13.3 Å². The molecule has 0 amide bonds. The molecule has 2 heterocycles. The molecule has 1 aliphatic heterocycles. The lowest BCUT2D eigenvalue weighted by Gasteiger charge is -2.15. The van der Waals surface area contributed by atoms with Crippen LogP contribution in [0.1, 0.15) is 19.1 Å². The molecule has 1 aliphatic rings. The van der Waals surface area contributed by atoms with Gasteiger partial charge >= 0.3 is 11.7 Å². The van der Waals surface area contributed by atoms with Gasteiger partial charge < -0.3 is 29.4 Å². The van der Waals surface area contributed by atoms with Gasteiger partial charge in [0, 0.05) is 13.3 Å². The lowest BCUT2D eigenvalue weighted by atomic mass is 10.2. The number of ether oxygens (including phenoxy) is 5. The molecule has 2 rings (SSSR count). The third-order valence-corrected chi connectivity index (χ3v) is 3.70. The molecule has 10 heteroatoms. The van der Waals surface area contributed by atoms with E-state index in [4.69, 9.17) is 29.4 Å². The summed E-state index contributed by atoms with van der Waals surface area (Å²) in [6.45, 7) is 1.65. The van der Waals surface area contributed by atoms with Crippen LogP contribution in [0.15, 0.2) is 17.1 Å². The Balaban J connectivity index is 1.60. The molecule has 0 bridgehead atoms. The molecular weight excluding hydrogens is 346 g/mol. The summed E-state index contributed by atoms with van der Waals surface area (Å²) < 4.78 is 27.4. The van der Waals surface area contributed by atoms with Gasteiger partial charge in [0.05, 0.1) is 32.5 Å². The van der Waals surface area contributed by atoms with Crippen molar-refractivity contribution in [3.63, 3.8) is 0 Å². The number of nitrogen functional groups attached to an aromatic ring is 1. The number of methoxy groups -OCH3 is 1. The lowest BCUT2D eigenvalue weighted by Crippen LogP contribution is -2.28. The normalized spacial score (nSPS) is 19.6. The van der Waals surface area contributed by atoms with Crippen LogP contribution < -0.4 is 11.4 Å². The fourth-order valence-corrected chi connectivity index (χ4v) is 2.40. The van der Waals surface area contributed by atoms with Gasteiger partial charge in [0.15, 0.2) is 0 Å². The van der Waals surface area contributed by atoms with Gasteiger partial charge in [-0.2, -0.15) is 4.98 Å². The minimum absolute atomic E-state index is 0.111. The quantitative estimate of drug-likeness (QED) is 0.413. The highest BCUT2D eigenvalue weighted by molar-refractivity contribution is 5.70. The maximum absolute atomic E-state index is 11.8. The molecule has 1 fully saturated rings. The molecule has 0 saturated carbocycles. The Labute approximate surface area is 151 Å². The average Bonchev–Trinajstić information content (AvgIpc) is 3.08. The van der Waals surface area contributed by atoms with Crippen LogP contribution in [-0.4, -0.2) is 68.4 Å². The van der Waals surface area contributed by atoms with E-state index in [1.165, 1.54) is 10.6 Å². The van der Waals surface area contributed by atoms with E-state index in [0.717, 1.165) is 0 Å². The van der Waals surface area contributed by atoms with E-state index in [9.17, 15) is 9.59 Å². The summed E-state index contributed by atoms with van der Waals surface area (Å²) in [6.07, 6.45) is 2.14. The van der Waals surface area contributed by atoms with Crippen molar-refractivity contribution in [1.82, 2.24) is 9.55 Å². The zero-order chi connectivity index (χ0) is 18.8. The van der Waals surface area contributed by atoms with Crippen LogP contribution in [0.5, 0.6) is 0 Å². The van der Waals surface area contributed by atoms with Crippen LogP contribution in [-0.2, 0) is 28.5 Å². The Morgan fingerprint density at radius 3 is 2.85 bits per heavy atom. The number of nitrogens with two attached hydrogens (primary N) is 1. The van der Waals surface area contributed by atoms with Crippen molar-refractivity contribution in [2.24, 2.45) is 0 Å². The zero-order valence-electron chi connectivity index (χ0n) is 14.8. The number of anilines is 1. The number of carbonyl (C=O) groups excluding carboxylic acids is 1. The molecular formula is C16H25N3O7. The van der Waals surface area contributed by atoms with E-state index in [0.29, 0.717) is 39.3 Å². The van der Waals surface area contributed by atoms with Gasteiger partial charge in [0.1, 0.15) is 25.3 Å². The Morgan fingerprint density at radius 1 is 1.31 bits per heavy atom. The minimum atomic E-state index is -0.472. The van der Waals surface area contributed by atoms with Gasteiger partial charge in [-0.25, -0.2) is 9.59 Å². The maximum atomic E-state index is 11.8. The van der Waals surface area contributed by atoms with Gasteiger partial charge in [-0.15, -0.1) is 0 Å². The fraction of sp³-hybridized carbons (Fsp3) is 0.688. The molecule has 10 nitrogen and oxygen atoms in total. The van der Waals surface area contributed by atoms with Crippen LogP contribution >= 0.6 is 0 Å². The van der Waals surface area contributed by atoms with Crippen LogP contribution in [0.3, 0.4) is 0 Å². The van der Waals surface area contributed by atoms with Crippen molar-refractivity contribution in [1.29, 1.82) is 0 Å². The van der Waals surface area contributed by atoms with E-state index in [2.05, 4.69) is 4.98 Å². The van der Waals surface area contributed by atoms with Crippen LogP contribution in [0.2, 0.25) is 0 Å². The second kappa shape index (κ2) is 10.9. The van der Waals surface area contributed by atoms with Gasteiger partial charge in [-0.1, -0.05) is 0 Å². The van der Waals surface area contributed by atoms with Crippen molar-refractivity contribution < 1.29 is 28.5 Å². The number of nitrogens with zero attached hydrogens (tertiary/aromatic N) is 2. The number of hydrogen-bond acceptors (Lipinski definition) is 9. The van der Waals surface area contributed by atoms with Gasteiger partial charge in [-0.05, 0) is 18.9 Å². The maximum Gasteiger partial charge on any atom is 0.351 e.